The summed E-state index contributed by atoms with van der Waals surface area (Å²) < 4.78 is 46.5. The van der Waals surface area contributed by atoms with Gasteiger partial charge in [-0.2, -0.15) is 0 Å². The molecule has 11 atom stereocenters. The van der Waals surface area contributed by atoms with Gasteiger partial charge in [-0.3, -0.25) is 9.59 Å². The van der Waals surface area contributed by atoms with Gasteiger partial charge in [-0.15, -0.1) is 0 Å². The number of carbonyl (C=O) groups excluding carboxylic acids is 4. The van der Waals surface area contributed by atoms with Crippen molar-refractivity contribution in [2.75, 3.05) is 21.2 Å². The van der Waals surface area contributed by atoms with Crippen LogP contribution in [0, 0.1) is 11.8 Å². The molecule has 1 unspecified atom stereocenters. The number of carbonyl (C=O) groups is 4. The quantitative estimate of drug-likeness (QED) is 0.328. The highest BCUT2D eigenvalue weighted by Crippen LogP contribution is 2.38. The Bertz CT molecular complexity index is 1330. The lowest BCUT2D eigenvalue weighted by Gasteiger charge is -2.47. The minimum absolute atomic E-state index is 0.00437. The molecule has 11 nitrogen and oxygen atoms in total. The van der Waals surface area contributed by atoms with Gasteiger partial charge in [0.25, 0.3) is 5.67 Å². The fourth-order valence-corrected chi connectivity index (χ4v) is 6.63. The minimum Gasteiger partial charge on any atom is -0.457 e. The molecule has 3 rings (SSSR count). The number of benzene rings is 1. The molecule has 268 valence electrons. The predicted octanol–water partition coefficient (Wildman–Crippen LogP) is 4.24. The van der Waals surface area contributed by atoms with Crippen LogP contribution in [0.1, 0.15) is 78.1 Å². The second-order valence-corrected chi connectivity index (χ2v) is 13.7. The first-order chi connectivity index (χ1) is 22.4. The molecular formula is C36H52FNO10. The van der Waals surface area contributed by atoms with E-state index in [0.717, 1.165) is 6.92 Å². The van der Waals surface area contributed by atoms with Crippen molar-refractivity contribution in [2.45, 2.75) is 122 Å². The van der Waals surface area contributed by atoms with E-state index >= 15 is 4.39 Å². The number of halogens is 1. The summed E-state index contributed by atoms with van der Waals surface area (Å²) in [5.74, 6) is -5.63. The highest BCUT2D eigenvalue weighted by atomic mass is 19.1. The van der Waals surface area contributed by atoms with E-state index in [1.807, 2.05) is 25.9 Å². The second kappa shape index (κ2) is 16.1. The summed E-state index contributed by atoms with van der Waals surface area (Å²) >= 11 is 0. The van der Waals surface area contributed by atoms with E-state index in [1.165, 1.54) is 27.0 Å². The van der Waals surface area contributed by atoms with Crippen LogP contribution in [0.25, 0.3) is 0 Å². The molecule has 1 fully saturated rings. The number of esters is 2. The number of hydrogen-bond donors (Lipinski definition) is 1. The zero-order valence-electron chi connectivity index (χ0n) is 29.7. The third-order valence-corrected chi connectivity index (χ3v) is 9.58. The first-order valence-electron chi connectivity index (χ1n) is 16.5. The topological polar surface area (TPSA) is 138 Å². The maximum Gasteiger partial charge on any atom is 0.351 e. The number of aliphatic hydroxyl groups excluding tert-OH is 1. The molecule has 48 heavy (non-hydrogen) atoms. The summed E-state index contributed by atoms with van der Waals surface area (Å²) in [4.78, 5) is 55.9. The number of ether oxygens (including phenoxy) is 5. The molecule has 0 aliphatic carbocycles. The highest BCUT2D eigenvalue weighted by molar-refractivity contribution is 6.08. The molecule has 2 heterocycles. The molecule has 0 radical (unpaired) electrons. The summed E-state index contributed by atoms with van der Waals surface area (Å²) in [6, 6.07) is 8.05. The van der Waals surface area contributed by atoms with Gasteiger partial charge in [-0.05, 0) is 84.8 Å². The van der Waals surface area contributed by atoms with Crippen molar-refractivity contribution in [3.05, 3.63) is 47.5 Å². The Morgan fingerprint density at radius 2 is 1.73 bits per heavy atom. The lowest BCUT2D eigenvalue weighted by molar-refractivity contribution is -0.294. The smallest absolute Gasteiger partial charge is 0.351 e. The first kappa shape index (κ1) is 39.4. The van der Waals surface area contributed by atoms with Crippen molar-refractivity contribution >= 4 is 23.5 Å². The zero-order chi connectivity index (χ0) is 36.1. The molecule has 1 aromatic carbocycles. The molecule has 1 saturated heterocycles. The molecule has 0 aromatic heterocycles. The van der Waals surface area contributed by atoms with Crippen LogP contribution >= 0.6 is 0 Å². The van der Waals surface area contributed by atoms with Crippen LogP contribution in [-0.4, -0.2) is 109 Å². The summed E-state index contributed by atoms with van der Waals surface area (Å²) in [6.45, 7) is 10.5. The number of Topliss-reactive ketones (excluding diaryl/α,β-unsaturated/α-hetero) is 2. The van der Waals surface area contributed by atoms with Crippen LogP contribution in [0.15, 0.2) is 42.0 Å². The fourth-order valence-electron chi connectivity index (χ4n) is 6.63. The largest absolute Gasteiger partial charge is 0.457 e. The number of ketones is 2. The summed E-state index contributed by atoms with van der Waals surface area (Å²) in [5, 5.41) is 10.8. The summed E-state index contributed by atoms with van der Waals surface area (Å²) in [5.41, 5.74) is -4.05. The number of alkyl halides is 1. The SMILES string of the molecule is CC[C@H]1OC(=O)[C@@](C)(F)C(=O)[C@H](C)[C@@H](OC2O[C@H](C)C[C@H](N(C)C)[C@H]2OC(=O)c2ccccc2)[C@@](C)(OC)C[C@@H](C)C(=O)/C(C)=C/[C@@H]1O. The zero-order valence-corrected chi connectivity index (χ0v) is 29.7. The molecule has 0 amide bonds. The Balaban J connectivity index is 2.15. The number of hydrogen-bond acceptors (Lipinski definition) is 11. The van der Waals surface area contributed by atoms with Crippen LogP contribution in [0.3, 0.4) is 0 Å². The van der Waals surface area contributed by atoms with Crippen molar-refractivity contribution in [2.24, 2.45) is 11.8 Å². The second-order valence-electron chi connectivity index (χ2n) is 13.7. The van der Waals surface area contributed by atoms with E-state index in [4.69, 9.17) is 23.7 Å². The molecule has 1 aromatic rings. The molecule has 0 saturated carbocycles. The Kier molecular flexibility index (Phi) is 13.2. The van der Waals surface area contributed by atoms with Gasteiger partial charge in [0.15, 0.2) is 24.0 Å². The average molecular weight is 678 g/mol. The highest BCUT2D eigenvalue weighted by Gasteiger charge is 2.54. The molecule has 0 bridgehead atoms. The molecule has 2 aliphatic rings. The number of allylic oxidation sites excluding steroid dienone is 1. The van der Waals surface area contributed by atoms with Gasteiger partial charge in [0.2, 0.25) is 0 Å². The van der Waals surface area contributed by atoms with E-state index in [0.29, 0.717) is 12.0 Å². The Labute approximate surface area is 283 Å². The van der Waals surface area contributed by atoms with Gasteiger partial charge < -0.3 is 33.7 Å². The Morgan fingerprint density at radius 1 is 1.10 bits per heavy atom. The number of nitrogens with zero attached hydrogens (tertiary/aromatic N) is 1. The third kappa shape index (κ3) is 8.76. The first-order valence-corrected chi connectivity index (χ1v) is 16.5. The van der Waals surface area contributed by atoms with Crippen LogP contribution in [-0.2, 0) is 38.1 Å². The van der Waals surface area contributed by atoms with Crippen molar-refractivity contribution in [1.29, 1.82) is 0 Å². The Morgan fingerprint density at radius 3 is 2.29 bits per heavy atom. The molecule has 12 heteroatoms. The van der Waals surface area contributed by atoms with E-state index < -0.39 is 71.5 Å². The number of likely N-dealkylation sites (N-methyl/N-ethyl adjacent to an activating group) is 1. The lowest BCUT2D eigenvalue weighted by atomic mass is 9.76. The van der Waals surface area contributed by atoms with E-state index in [-0.39, 0.29) is 36.3 Å². The number of methoxy groups -OCH3 is 1. The Hall–Kier alpha value is -3.03. The van der Waals surface area contributed by atoms with Crippen LogP contribution in [0.5, 0.6) is 0 Å². The van der Waals surface area contributed by atoms with Crippen LogP contribution < -0.4 is 0 Å². The molecular weight excluding hydrogens is 625 g/mol. The van der Waals surface area contributed by atoms with Gasteiger partial charge in [-0.25, -0.2) is 14.0 Å². The van der Waals surface area contributed by atoms with Gasteiger partial charge in [0.05, 0.1) is 29.4 Å². The monoisotopic (exact) mass is 677 g/mol. The van der Waals surface area contributed by atoms with Gasteiger partial charge in [0.1, 0.15) is 12.2 Å². The van der Waals surface area contributed by atoms with Crippen molar-refractivity contribution < 1.29 is 52.4 Å². The van der Waals surface area contributed by atoms with Crippen molar-refractivity contribution in [3.8, 4) is 0 Å². The standard InChI is InChI=1S/C36H52FNO10/c1-11-27-26(39)17-20(2)28(40)21(3)19-35(6,44-10)31(23(5)30(41)36(7,37)34(43)46-27)48-33-29(25(38(8)9)18-22(4)45-33)47-32(42)24-15-13-12-14-16-24/h12-17,21-23,25-27,29,31,33,39H,11,18-19H2,1-10H3/b20-17+/t21-,22-,23+,25+,26+,27-,29-,31-,33?,35+,36+/m1/s1. The third-order valence-electron chi connectivity index (χ3n) is 9.58. The van der Waals surface area contributed by atoms with E-state index in [9.17, 15) is 24.3 Å². The fraction of sp³-hybridized carbons (Fsp3) is 0.667. The number of aliphatic hydroxyl groups is 1. The summed E-state index contributed by atoms with van der Waals surface area (Å²) in [6.07, 6.45) is -4.70. The normalized spacial score (nSPS) is 38.5. The summed E-state index contributed by atoms with van der Waals surface area (Å²) in [7, 11) is 5.05. The molecule has 1 N–H and O–H groups in total. The van der Waals surface area contributed by atoms with Gasteiger partial charge in [0, 0.05) is 18.9 Å². The average Bonchev–Trinajstić information content (AvgIpc) is 3.05. The molecule has 0 spiro atoms. The van der Waals surface area contributed by atoms with Crippen molar-refractivity contribution in [1.82, 2.24) is 4.90 Å². The number of cyclic esters (lactones) is 1. The maximum absolute atomic E-state index is 16.3. The predicted molar refractivity (Wildman–Crippen MR) is 175 cm³/mol. The van der Waals surface area contributed by atoms with Crippen LogP contribution in [0.4, 0.5) is 4.39 Å². The van der Waals surface area contributed by atoms with Gasteiger partial charge in [-0.1, -0.05) is 39.0 Å². The lowest BCUT2D eigenvalue weighted by Crippen LogP contribution is -2.61. The van der Waals surface area contributed by atoms with E-state index in [1.54, 1.807) is 51.1 Å². The van der Waals surface area contributed by atoms with Gasteiger partial charge >= 0.3 is 11.9 Å². The number of rotatable bonds is 7. The van der Waals surface area contributed by atoms with Crippen LogP contribution in [0.2, 0.25) is 0 Å². The van der Waals surface area contributed by atoms with E-state index in [2.05, 4.69) is 0 Å². The van der Waals surface area contributed by atoms with Crippen molar-refractivity contribution in [3.63, 3.8) is 0 Å². The minimum atomic E-state index is -3.14. The molecule has 2 aliphatic heterocycles. The maximum atomic E-state index is 16.3.